The Balaban J connectivity index is 1.78. The lowest BCUT2D eigenvalue weighted by molar-refractivity contribution is 0.0682. The van der Waals surface area contributed by atoms with Crippen molar-refractivity contribution in [3.63, 3.8) is 0 Å². The van der Waals surface area contributed by atoms with Gasteiger partial charge in [0.2, 0.25) is 0 Å². The number of aromatic amines is 1. The van der Waals surface area contributed by atoms with Gasteiger partial charge < -0.3 is 14.3 Å². The van der Waals surface area contributed by atoms with Gasteiger partial charge in [0.15, 0.2) is 12.1 Å². The summed E-state index contributed by atoms with van der Waals surface area (Å²) in [6.45, 7) is 4.56. The average molecular weight is 337 g/mol. The fourth-order valence-corrected chi connectivity index (χ4v) is 3.34. The second-order valence-electron chi connectivity index (χ2n) is 6.42. The van der Waals surface area contributed by atoms with Gasteiger partial charge in [-0.2, -0.15) is 0 Å². The molecule has 25 heavy (non-hydrogen) atoms. The number of hydrogen-bond donors (Lipinski definition) is 1. The van der Waals surface area contributed by atoms with E-state index in [1.807, 2.05) is 30.9 Å². The zero-order valence-corrected chi connectivity index (χ0v) is 14.1. The molecule has 128 valence electrons. The molecule has 0 bridgehead atoms. The highest BCUT2D eigenvalue weighted by Crippen LogP contribution is 2.34. The summed E-state index contributed by atoms with van der Waals surface area (Å²) in [5.41, 5.74) is 3.30. The molecule has 7 heteroatoms. The molecule has 0 radical (unpaired) electrons. The highest BCUT2D eigenvalue weighted by atomic mass is 16.3. The van der Waals surface area contributed by atoms with Crippen molar-refractivity contribution in [1.29, 1.82) is 0 Å². The number of fused-ring (bicyclic) bond motifs is 1. The summed E-state index contributed by atoms with van der Waals surface area (Å²) < 4.78 is 5.44. The van der Waals surface area contributed by atoms with Crippen LogP contribution in [0.5, 0.6) is 0 Å². The molecule has 0 aliphatic carbocycles. The lowest BCUT2D eigenvalue weighted by Crippen LogP contribution is -2.41. The third-order valence-electron chi connectivity index (χ3n) is 4.53. The van der Waals surface area contributed by atoms with Crippen molar-refractivity contribution in [1.82, 2.24) is 24.8 Å². The summed E-state index contributed by atoms with van der Waals surface area (Å²) in [7, 11) is 0. The van der Waals surface area contributed by atoms with Crippen LogP contribution in [0.25, 0.3) is 0 Å². The van der Waals surface area contributed by atoms with Crippen LogP contribution in [0.15, 0.2) is 41.7 Å². The van der Waals surface area contributed by atoms with Crippen LogP contribution in [0.2, 0.25) is 0 Å². The van der Waals surface area contributed by atoms with E-state index < -0.39 is 0 Å². The molecule has 0 saturated heterocycles. The first-order chi connectivity index (χ1) is 12.2. The van der Waals surface area contributed by atoms with E-state index in [0.29, 0.717) is 18.0 Å². The molecular formula is C18H19N5O2. The van der Waals surface area contributed by atoms with Crippen molar-refractivity contribution < 1.29 is 9.21 Å². The Morgan fingerprint density at radius 1 is 1.32 bits per heavy atom. The van der Waals surface area contributed by atoms with Crippen LogP contribution in [-0.4, -0.2) is 37.3 Å². The molecule has 1 atom stereocenters. The van der Waals surface area contributed by atoms with Gasteiger partial charge in [-0.3, -0.25) is 9.78 Å². The first kappa shape index (κ1) is 15.6. The standard InChI is InChI=1S/C18H19N5O2/c1-11(2)17-15(22-10-25-17)18(24)23-8-5-13-14(21-9-20-13)16(23)12-3-6-19-7-4-12/h3-4,6-7,9-11,16H,5,8H2,1-2H3,(H,20,21)/t16-/m0/s1. The molecule has 1 aliphatic rings. The molecule has 0 saturated carbocycles. The van der Waals surface area contributed by atoms with Crippen molar-refractivity contribution in [2.24, 2.45) is 0 Å². The largest absolute Gasteiger partial charge is 0.447 e. The number of H-pyrrole nitrogens is 1. The summed E-state index contributed by atoms with van der Waals surface area (Å²) >= 11 is 0. The Morgan fingerprint density at radius 3 is 2.88 bits per heavy atom. The van der Waals surface area contributed by atoms with E-state index in [2.05, 4.69) is 19.9 Å². The first-order valence-corrected chi connectivity index (χ1v) is 8.33. The smallest absolute Gasteiger partial charge is 0.276 e. The van der Waals surface area contributed by atoms with E-state index in [9.17, 15) is 4.79 Å². The topological polar surface area (TPSA) is 87.9 Å². The van der Waals surface area contributed by atoms with Gasteiger partial charge in [-0.25, -0.2) is 9.97 Å². The average Bonchev–Trinajstić information content (AvgIpc) is 3.30. The lowest BCUT2D eigenvalue weighted by Gasteiger charge is -2.35. The maximum atomic E-state index is 13.3. The number of hydrogen-bond acceptors (Lipinski definition) is 5. The Kier molecular flexibility index (Phi) is 3.83. The number of imidazole rings is 1. The molecule has 1 amide bonds. The minimum Gasteiger partial charge on any atom is -0.447 e. The van der Waals surface area contributed by atoms with Gasteiger partial charge >= 0.3 is 0 Å². The van der Waals surface area contributed by atoms with Crippen molar-refractivity contribution in [3.8, 4) is 0 Å². The van der Waals surface area contributed by atoms with Gasteiger partial charge in [0.25, 0.3) is 5.91 Å². The third-order valence-corrected chi connectivity index (χ3v) is 4.53. The fourth-order valence-electron chi connectivity index (χ4n) is 3.34. The monoisotopic (exact) mass is 337 g/mol. The summed E-state index contributed by atoms with van der Waals surface area (Å²) in [6, 6.07) is 3.57. The van der Waals surface area contributed by atoms with Crippen LogP contribution in [0.3, 0.4) is 0 Å². The second kappa shape index (κ2) is 6.16. The van der Waals surface area contributed by atoms with Gasteiger partial charge in [-0.15, -0.1) is 0 Å². The molecule has 1 aliphatic heterocycles. The minimum absolute atomic E-state index is 0.0894. The number of aromatic nitrogens is 4. The van der Waals surface area contributed by atoms with E-state index in [0.717, 1.165) is 23.4 Å². The van der Waals surface area contributed by atoms with Crippen molar-refractivity contribution in [2.45, 2.75) is 32.2 Å². The second-order valence-corrected chi connectivity index (χ2v) is 6.42. The molecule has 3 aromatic rings. The number of carbonyl (C=O) groups excluding carboxylic acids is 1. The molecule has 0 unspecified atom stereocenters. The normalized spacial score (nSPS) is 16.9. The summed E-state index contributed by atoms with van der Waals surface area (Å²) in [4.78, 5) is 31.0. The van der Waals surface area contributed by atoms with Crippen molar-refractivity contribution >= 4 is 5.91 Å². The molecule has 0 fully saturated rings. The zero-order valence-electron chi connectivity index (χ0n) is 14.1. The van der Waals surface area contributed by atoms with Gasteiger partial charge in [0.05, 0.1) is 12.0 Å². The Morgan fingerprint density at radius 2 is 2.12 bits per heavy atom. The van der Waals surface area contributed by atoms with Gasteiger partial charge in [-0.1, -0.05) is 13.8 Å². The number of oxazole rings is 1. The van der Waals surface area contributed by atoms with E-state index in [1.165, 1.54) is 6.39 Å². The van der Waals surface area contributed by atoms with Crippen LogP contribution in [0.1, 0.15) is 59.0 Å². The number of amides is 1. The number of nitrogens with one attached hydrogen (secondary N) is 1. The zero-order chi connectivity index (χ0) is 17.4. The van der Waals surface area contributed by atoms with Crippen LogP contribution in [-0.2, 0) is 6.42 Å². The molecule has 4 rings (SSSR count). The Hall–Kier alpha value is -2.96. The van der Waals surface area contributed by atoms with Crippen molar-refractivity contribution in [2.75, 3.05) is 6.54 Å². The summed E-state index contributed by atoms with van der Waals surface area (Å²) in [6.07, 6.45) is 7.22. The molecule has 0 aromatic carbocycles. The number of pyridine rings is 1. The van der Waals surface area contributed by atoms with Crippen LogP contribution >= 0.6 is 0 Å². The van der Waals surface area contributed by atoms with E-state index in [-0.39, 0.29) is 17.9 Å². The SMILES string of the molecule is CC(C)c1ocnc1C(=O)N1CCc2[nH]cnc2[C@@H]1c1ccncc1. The van der Waals surface area contributed by atoms with Crippen LogP contribution in [0, 0.1) is 0 Å². The third kappa shape index (κ3) is 2.61. The number of carbonyl (C=O) groups is 1. The lowest BCUT2D eigenvalue weighted by atomic mass is 9.95. The van der Waals surface area contributed by atoms with E-state index in [4.69, 9.17) is 4.42 Å². The van der Waals surface area contributed by atoms with Crippen LogP contribution in [0.4, 0.5) is 0 Å². The Bertz CT molecular complexity index is 884. The molecule has 4 heterocycles. The molecular weight excluding hydrogens is 318 g/mol. The fraction of sp³-hybridized carbons (Fsp3) is 0.333. The van der Waals surface area contributed by atoms with Gasteiger partial charge in [0, 0.05) is 37.0 Å². The maximum absolute atomic E-state index is 13.3. The molecule has 7 nitrogen and oxygen atoms in total. The predicted octanol–water partition coefficient (Wildman–Crippen LogP) is 2.70. The number of rotatable bonds is 3. The van der Waals surface area contributed by atoms with E-state index >= 15 is 0 Å². The molecule has 1 N–H and O–H groups in total. The summed E-state index contributed by atoms with van der Waals surface area (Å²) in [5.74, 6) is 0.575. The number of nitrogens with zero attached hydrogens (tertiary/aromatic N) is 4. The molecule has 0 spiro atoms. The first-order valence-electron chi connectivity index (χ1n) is 8.33. The van der Waals surface area contributed by atoms with Crippen molar-refractivity contribution in [3.05, 3.63) is 65.7 Å². The Labute approximate surface area is 145 Å². The molecule has 3 aromatic heterocycles. The van der Waals surface area contributed by atoms with Gasteiger partial charge in [-0.05, 0) is 17.7 Å². The minimum atomic E-state index is -0.262. The maximum Gasteiger partial charge on any atom is 0.276 e. The quantitative estimate of drug-likeness (QED) is 0.794. The van der Waals surface area contributed by atoms with Gasteiger partial charge in [0.1, 0.15) is 11.8 Å². The highest BCUT2D eigenvalue weighted by Gasteiger charge is 2.36. The van der Waals surface area contributed by atoms with Crippen LogP contribution < -0.4 is 0 Å². The van der Waals surface area contributed by atoms with E-state index in [1.54, 1.807) is 18.7 Å². The predicted molar refractivity (Wildman–Crippen MR) is 90.0 cm³/mol. The highest BCUT2D eigenvalue weighted by molar-refractivity contribution is 5.94. The summed E-state index contributed by atoms with van der Waals surface area (Å²) in [5, 5.41) is 0.